The third kappa shape index (κ3) is 17.5. The molecule has 0 saturated carbocycles. The summed E-state index contributed by atoms with van der Waals surface area (Å²) in [6, 6.07) is 11.3. The number of carbonyl (C=O) groups excluding carboxylic acids is 1. The summed E-state index contributed by atoms with van der Waals surface area (Å²) in [6.45, 7) is 6.86. The van der Waals surface area contributed by atoms with E-state index in [0.29, 0.717) is 12.5 Å². The van der Waals surface area contributed by atoms with E-state index in [1.165, 1.54) is 144 Å². The zero-order chi connectivity index (χ0) is 33.2. The fraction of sp³-hybridized carbons (Fsp3) is 0.744. The molecule has 1 aromatic heterocycles. The largest absolute Gasteiger partial charge is 0.426 e. The van der Waals surface area contributed by atoms with Crippen molar-refractivity contribution in [3.8, 4) is 5.75 Å². The molecule has 0 bridgehead atoms. The van der Waals surface area contributed by atoms with E-state index < -0.39 is 0 Å². The van der Waals surface area contributed by atoms with Crippen molar-refractivity contribution in [2.24, 2.45) is 0 Å². The summed E-state index contributed by atoms with van der Waals surface area (Å²) in [5.74, 6) is 0.761. The smallest absolute Gasteiger partial charge is 0.311 e. The van der Waals surface area contributed by atoms with E-state index in [-0.39, 0.29) is 5.97 Å². The maximum Gasteiger partial charge on any atom is 0.311 e. The molecule has 0 saturated heterocycles. The van der Waals surface area contributed by atoms with Gasteiger partial charge in [-0.2, -0.15) is 0 Å². The van der Waals surface area contributed by atoms with Crippen LogP contribution in [0.25, 0.3) is 0 Å². The first-order valence-electron chi connectivity index (χ1n) is 20.3. The number of thiophene rings is 1. The van der Waals surface area contributed by atoms with Crippen molar-refractivity contribution in [1.29, 1.82) is 0 Å². The molecule has 0 amide bonds. The Morgan fingerprint density at radius 3 is 1.81 bits per heavy atom. The Kier molecular flexibility index (Phi) is 22.2. The normalized spacial score (nSPS) is 14.5. The fourth-order valence-electron chi connectivity index (χ4n) is 7.51. The summed E-state index contributed by atoms with van der Waals surface area (Å²) in [4.78, 5) is 16.9. The van der Waals surface area contributed by atoms with Crippen LogP contribution in [0, 0.1) is 0 Å². The highest BCUT2D eigenvalue weighted by Gasteiger charge is 2.26. The summed E-state index contributed by atoms with van der Waals surface area (Å²) < 4.78 is 5.95. The van der Waals surface area contributed by atoms with Crippen LogP contribution in [0.3, 0.4) is 0 Å². The lowest BCUT2D eigenvalue weighted by Gasteiger charge is -2.35. The Hall–Kier alpha value is -1.65. The zero-order valence-electron chi connectivity index (χ0n) is 30.7. The second-order valence-electron chi connectivity index (χ2n) is 14.5. The molecular formula is C43H71NO2S. The van der Waals surface area contributed by atoms with E-state index in [4.69, 9.17) is 4.74 Å². The van der Waals surface area contributed by atoms with Gasteiger partial charge in [0.05, 0.1) is 0 Å². The summed E-state index contributed by atoms with van der Waals surface area (Å²) in [6.07, 6.45) is 35.0. The summed E-state index contributed by atoms with van der Waals surface area (Å²) in [5.41, 5.74) is 2.64. The van der Waals surface area contributed by atoms with Gasteiger partial charge in [-0.05, 0) is 73.7 Å². The molecule has 0 aliphatic heterocycles. The molecule has 1 aromatic carbocycles. The molecule has 0 radical (unpaired) electrons. The predicted octanol–water partition coefficient (Wildman–Crippen LogP) is 13.1. The molecule has 0 fully saturated rings. The van der Waals surface area contributed by atoms with E-state index in [1.807, 2.05) is 17.4 Å². The molecule has 47 heavy (non-hydrogen) atoms. The third-order valence-electron chi connectivity index (χ3n) is 10.4. The van der Waals surface area contributed by atoms with Crippen molar-refractivity contribution in [2.45, 2.75) is 193 Å². The molecule has 1 heterocycles. The lowest BCUT2D eigenvalue weighted by Crippen LogP contribution is -2.41. The molecule has 2 aromatic rings. The average molecular weight is 666 g/mol. The topological polar surface area (TPSA) is 29.5 Å². The van der Waals surface area contributed by atoms with Gasteiger partial charge in [0.1, 0.15) is 5.75 Å². The molecule has 1 aliphatic carbocycles. The lowest BCUT2D eigenvalue weighted by molar-refractivity contribution is -0.134. The first-order valence-corrected chi connectivity index (χ1v) is 21.2. The number of carbonyl (C=O) groups is 1. The Bertz CT molecular complexity index is 1030. The number of unbranched alkanes of at least 4 members (excludes halogenated alkanes) is 20. The van der Waals surface area contributed by atoms with Crippen molar-refractivity contribution in [3.05, 3.63) is 51.7 Å². The van der Waals surface area contributed by atoms with Gasteiger partial charge in [-0.15, -0.1) is 11.3 Å². The van der Waals surface area contributed by atoms with Crippen LogP contribution in [0.15, 0.2) is 35.7 Å². The van der Waals surface area contributed by atoms with E-state index in [1.54, 1.807) is 0 Å². The van der Waals surface area contributed by atoms with Crippen molar-refractivity contribution >= 4 is 17.3 Å². The van der Waals surface area contributed by atoms with Gasteiger partial charge in [-0.1, -0.05) is 160 Å². The molecule has 3 nitrogen and oxygen atoms in total. The van der Waals surface area contributed by atoms with Gasteiger partial charge in [0.25, 0.3) is 0 Å². The van der Waals surface area contributed by atoms with Crippen molar-refractivity contribution in [2.75, 3.05) is 13.1 Å². The van der Waals surface area contributed by atoms with Gasteiger partial charge < -0.3 is 4.74 Å². The number of hydrogen-bond donors (Lipinski definition) is 0. The monoisotopic (exact) mass is 666 g/mol. The van der Waals surface area contributed by atoms with Crippen LogP contribution in [-0.2, 0) is 24.1 Å². The summed E-state index contributed by atoms with van der Waals surface area (Å²) in [7, 11) is 0. The molecular weight excluding hydrogens is 595 g/mol. The summed E-state index contributed by atoms with van der Waals surface area (Å²) >= 11 is 1.87. The molecule has 0 N–H and O–H groups in total. The van der Waals surface area contributed by atoms with Gasteiger partial charge in [-0.25, -0.2) is 0 Å². The van der Waals surface area contributed by atoms with Crippen LogP contribution in [-0.4, -0.2) is 30.0 Å². The second-order valence-corrected chi connectivity index (χ2v) is 15.5. The Balaban J connectivity index is 1.15. The van der Waals surface area contributed by atoms with Crippen LogP contribution in [0.2, 0.25) is 0 Å². The van der Waals surface area contributed by atoms with Crippen LogP contribution >= 0.6 is 11.3 Å². The number of rotatable bonds is 29. The van der Waals surface area contributed by atoms with Crippen LogP contribution < -0.4 is 4.74 Å². The van der Waals surface area contributed by atoms with Crippen molar-refractivity contribution in [3.63, 3.8) is 0 Å². The first-order chi connectivity index (χ1) is 23.2. The molecule has 1 atom stereocenters. The zero-order valence-corrected chi connectivity index (χ0v) is 31.5. The number of esters is 1. The van der Waals surface area contributed by atoms with Gasteiger partial charge in [0, 0.05) is 23.9 Å². The first kappa shape index (κ1) is 39.8. The Morgan fingerprint density at radius 2 is 1.28 bits per heavy atom. The standard InChI is InChI=1S/C43H71NO2S/c1-3-5-6-7-8-9-10-11-12-13-14-15-16-17-18-19-20-21-22-23-24-30-43(45)46-42-29-25-27-38-37-39(31-32-41(38)42)44(34-4-2)35-33-40-28-26-36-47-40/h25-29,36,39H,3-24,30-35,37H2,1-2H3. The van der Waals surface area contributed by atoms with Crippen molar-refractivity contribution in [1.82, 2.24) is 4.90 Å². The summed E-state index contributed by atoms with van der Waals surface area (Å²) in [5, 5.41) is 2.18. The van der Waals surface area contributed by atoms with Crippen LogP contribution in [0.5, 0.6) is 5.75 Å². The van der Waals surface area contributed by atoms with E-state index in [9.17, 15) is 4.79 Å². The highest BCUT2D eigenvalue weighted by Crippen LogP contribution is 2.32. The maximum absolute atomic E-state index is 12.7. The molecule has 0 spiro atoms. The number of nitrogens with zero attached hydrogens (tertiary/aromatic N) is 1. The van der Waals surface area contributed by atoms with Gasteiger partial charge in [0.2, 0.25) is 0 Å². The average Bonchev–Trinajstić information content (AvgIpc) is 3.61. The predicted molar refractivity (Wildman–Crippen MR) is 205 cm³/mol. The SMILES string of the molecule is CCCCCCCCCCCCCCCCCCCCCCCC(=O)Oc1cccc2c1CCC(N(CCC)CCc1cccs1)C2. The molecule has 1 unspecified atom stereocenters. The highest BCUT2D eigenvalue weighted by atomic mass is 32.1. The second kappa shape index (κ2) is 26.2. The molecule has 3 rings (SSSR count). The molecule has 266 valence electrons. The third-order valence-corrected chi connectivity index (χ3v) is 11.3. The minimum atomic E-state index is -0.0538. The Labute approximate surface area is 294 Å². The van der Waals surface area contributed by atoms with Gasteiger partial charge >= 0.3 is 5.97 Å². The van der Waals surface area contributed by atoms with Crippen molar-refractivity contribution < 1.29 is 9.53 Å². The Morgan fingerprint density at radius 1 is 0.702 bits per heavy atom. The number of benzene rings is 1. The van der Waals surface area contributed by atoms with E-state index in [0.717, 1.165) is 57.4 Å². The fourth-order valence-corrected chi connectivity index (χ4v) is 8.21. The minimum absolute atomic E-state index is 0.0538. The quantitative estimate of drug-likeness (QED) is 0.0492. The molecule has 4 heteroatoms. The van der Waals surface area contributed by atoms with Gasteiger partial charge in [-0.3, -0.25) is 9.69 Å². The number of fused-ring (bicyclic) bond motifs is 1. The van der Waals surface area contributed by atoms with Crippen LogP contribution in [0.1, 0.15) is 184 Å². The number of ether oxygens (including phenoxy) is 1. The van der Waals surface area contributed by atoms with E-state index in [2.05, 4.69) is 48.4 Å². The highest BCUT2D eigenvalue weighted by molar-refractivity contribution is 7.09. The lowest BCUT2D eigenvalue weighted by atomic mass is 9.86. The van der Waals surface area contributed by atoms with Gasteiger partial charge in [0.15, 0.2) is 0 Å². The minimum Gasteiger partial charge on any atom is -0.426 e. The van der Waals surface area contributed by atoms with E-state index >= 15 is 0 Å². The van der Waals surface area contributed by atoms with Crippen LogP contribution in [0.4, 0.5) is 0 Å². The molecule has 1 aliphatic rings. The number of hydrogen-bond acceptors (Lipinski definition) is 4. The maximum atomic E-state index is 12.7.